The van der Waals surface area contributed by atoms with Crippen LogP contribution in [0.3, 0.4) is 0 Å². The van der Waals surface area contributed by atoms with Gasteiger partial charge in [0.05, 0.1) is 11.0 Å². The number of rotatable bonds is 6. The summed E-state index contributed by atoms with van der Waals surface area (Å²) in [7, 11) is 0. The van der Waals surface area contributed by atoms with Crippen LogP contribution in [0.2, 0.25) is 0 Å². The molecule has 0 unspecified atom stereocenters. The molecule has 1 amide bonds. The second kappa shape index (κ2) is 9.08. The van der Waals surface area contributed by atoms with Gasteiger partial charge in [0.15, 0.2) is 0 Å². The van der Waals surface area contributed by atoms with Crippen molar-refractivity contribution in [2.24, 2.45) is 0 Å². The highest BCUT2D eigenvalue weighted by atomic mass is 32.2. The van der Waals surface area contributed by atoms with E-state index in [0.29, 0.717) is 5.56 Å². The molecule has 0 radical (unpaired) electrons. The Labute approximate surface area is 190 Å². The zero-order valence-electron chi connectivity index (χ0n) is 17.2. The van der Waals surface area contributed by atoms with Crippen molar-refractivity contribution >= 4 is 34.4 Å². The number of carbonyl (C=O) groups is 1. The molecular formula is C26H20N4OS. The molecule has 0 aliphatic heterocycles. The summed E-state index contributed by atoms with van der Waals surface area (Å²) in [5, 5.41) is 2.97. The van der Waals surface area contributed by atoms with Crippen molar-refractivity contribution in [1.82, 2.24) is 14.5 Å². The van der Waals surface area contributed by atoms with Gasteiger partial charge in [-0.25, -0.2) is 4.98 Å². The molecule has 5 aromatic rings. The van der Waals surface area contributed by atoms with Gasteiger partial charge in [0.25, 0.3) is 5.91 Å². The number of pyridine rings is 1. The fraction of sp³-hybridized carbons (Fsp3) is 0.0385. The number of hydrogen-bond donors (Lipinski definition) is 1. The molecule has 0 aliphatic rings. The number of nitrogens with one attached hydrogen (secondary N) is 1. The first-order valence-electron chi connectivity index (χ1n) is 10.2. The second-order valence-corrected chi connectivity index (χ2v) is 8.33. The Bertz CT molecular complexity index is 1350. The maximum absolute atomic E-state index is 12.7. The Kier molecular flexibility index (Phi) is 5.68. The number of carbonyl (C=O) groups excluding carboxylic acids is 1. The van der Waals surface area contributed by atoms with Crippen LogP contribution in [-0.4, -0.2) is 20.4 Å². The van der Waals surface area contributed by atoms with Gasteiger partial charge in [-0.15, -0.1) is 11.8 Å². The van der Waals surface area contributed by atoms with Crippen molar-refractivity contribution in [3.63, 3.8) is 0 Å². The number of para-hydroxylation sites is 2. The van der Waals surface area contributed by atoms with Crippen LogP contribution in [0.1, 0.15) is 15.9 Å². The standard InChI is InChI=1S/C26H20N4OS/c31-26(20-7-13-23(14-8-20)32-17-19-4-3-15-27-16-19)29-21-9-11-22(12-10-21)30-18-28-24-5-1-2-6-25(24)30/h1-16,18H,17H2,(H,29,31). The molecule has 6 heteroatoms. The van der Waals surface area contributed by atoms with Gasteiger partial charge in [-0.3, -0.25) is 14.3 Å². The van der Waals surface area contributed by atoms with E-state index in [1.807, 2.05) is 96.0 Å². The fourth-order valence-electron chi connectivity index (χ4n) is 3.43. The number of nitrogens with zero attached hydrogens (tertiary/aromatic N) is 3. The number of amides is 1. The van der Waals surface area contributed by atoms with E-state index in [1.165, 1.54) is 5.56 Å². The van der Waals surface area contributed by atoms with Crippen molar-refractivity contribution in [2.45, 2.75) is 10.6 Å². The molecule has 0 fully saturated rings. The van der Waals surface area contributed by atoms with Crippen LogP contribution in [0.5, 0.6) is 0 Å². The molecule has 5 nitrogen and oxygen atoms in total. The number of benzene rings is 3. The van der Waals surface area contributed by atoms with Gasteiger partial charge in [0, 0.05) is 40.0 Å². The minimum Gasteiger partial charge on any atom is -0.322 e. The Morgan fingerprint density at radius 2 is 1.72 bits per heavy atom. The van der Waals surface area contributed by atoms with E-state index in [2.05, 4.69) is 21.4 Å². The normalized spacial score (nSPS) is 10.9. The maximum atomic E-state index is 12.7. The first kappa shape index (κ1) is 20.0. The molecule has 0 aliphatic carbocycles. The zero-order chi connectivity index (χ0) is 21.8. The average Bonchev–Trinajstić information content (AvgIpc) is 3.28. The van der Waals surface area contributed by atoms with Gasteiger partial charge in [-0.05, 0) is 72.3 Å². The molecule has 3 aromatic carbocycles. The van der Waals surface area contributed by atoms with E-state index in [9.17, 15) is 4.79 Å². The molecular weight excluding hydrogens is 416 g/mol. The van der Waals surface area contributed by atoms with E-state index in [-0.39, 0.29) is 5.91 Å². The van der Waals surface area contributed by atoms with Crippen molar-refractivity contribution in [3.05, 3.63) is 115 Å². The Balaban J connectivity index is 1.23. The molecule has 2 aromatic heterocycles. The quantitative estimate of drug-likeness (QED) is 0.333. The van der Waals surface area contributed by atoms with Gasteiger partial charge < -0.3 is 5.32 Å². The molecule has 1 N–H and O–H groups in total. The van der Waals surface area contributed by atoms with Crippen LogP contribution < -0.4 is 5.32 Å². The average molecular weight is 437 g/mol. The van der Waals surface area contributed by atoms with Crippen LogP contribution in [-0.2, 0) is 5.75 Å². The predicted molar refractivity (Wildman–Crippen MR) is 129 cm³/mol. The number of fused-ring (bicyclic) bond motifs is 1. The molecule has 32 heavy (non-hydrogen) atoms. The summed E-state index contributed by atoms with van der Waals surface area (Å²) >= 11 is 1.72. The van der Waals surface area contributed by atoms with Gasteiger partial charge in [-0.1, -0.05) is 18.2 Å². The largest absolute Gasteiger partial charge is 0.322 e. The summed E-state index contributed by atoms with van der Waals surface area (Å²) in [6, 6.07) is 27.4. The summed E-state index contributed by atoms with van der Waals surface area (Å²) in [4.78, 5) is 22.3. The van der Waals surface area contributed by atoms with E-state index < -0.39 is 0 Å². The Morgan fingerprint density at radius 1 is 0.906 bits per heavy atom. The van der Waals surface area contributed by atoms with Crippen molar-refractivity contribution in [3.8, 4) is 5.69 Å². The molecule has 0 saturated heterocycles. The summed E-state index contributed by atoms with van der Waals surface area (Å²) in [6.45, 7) is 0. The smallest absolute Gasteiger partial charge is 0.255 e. The van der Waals surface area contributed by atoms with Crippen molar-refractivity contribution < 1.29 is 4.79 Å². The number of imidazole rings is 1. The zero-order valence-corrected chi connectivity index (χ0v) is 18.0. The van der Waals surface area contributed by atoms with Crippen LogP contribution in [0.15, 0.2) is 109 Å². The minimum absolute atomic E-state index is 0.130. The van der Waals surface area contributed by atoms with Gasteiger partial charge >= 0.3 is 0 Å². The summed E-state index contributed by atoms with van der Waals surface area (Å²) in [5.41, 5.74) is 5.54. The third-order valence-corrected chi connectivity index (χ3v) is 6.18. The number of aromatic nitrogens is 3. The summed E-state index contributed by atoms with van der Waals surface area (Å²) < 4.78 is 2.03. The number of hydrogen-bond acceptors (Lipinski definition) is 4. The van der Waals surface area contributed by atoms with Crippen LogP contribution in [0.4, 0.5) is 5.69 Å². The van der Waals surface area contributed by atoms with E-state index in [0.717, 1.165) is 33.1 Å². The molecule has 156 valence electrons. The second-order valence-electron chi connectivity index (χ2n) is 7.28. The monoisotopic (exact) mass is 436 g/mol. The first-order chi connectivity index (χ1) is 15.8. The molecule has 0 spiro atoms. The minimum atomic E-state index is -0.130. The maximum Gasteiger partial charge on any atom is 0.255 e. The van der Waals surface area contributed by atoms with Crippen molar-refractivity contribution in [2.75, 3.05) is 5.32 Å². The first-order valence-corrected chi connectivity index (χ1v) is 11.2. The van der Waals surface area contributed by atoms with E-state index >= 15 is 0 Å². The van der Waals surface area contributed by atoms with Gasteiger partial charge in [-0.2, -0.15) is 0 Å². The molecule has 0 bridgehead atoms. The van der Waals surface area contributed by atoms with Crippen LogP contribution in [0.25, 0.3) is 16.7 Å². The highest BCUT2D eigenvalue weighted by Crippen LogP contribution is 2.23. The van der Waals surface area contributed by atoms with Crippen LogP contribution in [0, 0.1) is 0 Å². The summed E-state index contributed by atoms with van der Waals surface area (Å²) in [5.74, 6) is 0.715. The van der Waals surface area contributed by atoms with Crippen molar-refractivity contribution in [1.29, 1.82) is 0 Å². The molecule has 0 atom stereocenters. The fourth-order valence-corrected chi connectivity index (χ4v) is 4.26. The number of thioether (sulfide) groups is 1. The molecule has 5 rings (SSSR count). The topological polar surface area (TPSA) is 59.8 Å². The Morgan fingerprint density at radius 3 is 2.50 bits per heavy atom. The van der Waals surface area contributed by atoms with E-state index in [1.54, 1.807) is 18.0 Å². The highest BCUT2D eigenvalue weighted by Gasteiger charge is 2.08. The lowest BCUT2D eigenvalue weighted by molar-refractivity contribution is 0.102. The lowest BCUT2D eigenvalue weighted by Crippen LogP contribution is -2.11. The summed E-state index contributed by atoms with van der Waals surface area (Å²) in [6.07, 6.45) is 5.45. The SMILES string of the molecule is O=C(Nc1ccc(-n2cnc3ccccc32)cc1)c1ccc(SCc2cccnc2)cc1. The third kappa shape index (κ3) is 4.40. The highest BCUT2D eigenvalue weighted by molar-refractivity contribution is 7.98. The number of anilines is 1. The van der Waals surface area contributed by atoms with Gasteiger partial charge in [0.1, 0.15) is 6.33 Å². The van der Waals surface area contributed by atoms with E-state index in [4.69, 9.17) is 0 Å². The third-order valence-electron chi connectivity index (χ3n) is 5.10. The van der Waals surface area contributed by atoms with Gasteiger partial charge in [0.2, 0.25) is 0 Å². The lowest BCUT2D eigenvalue weighted by atomic mass is 10.2. The molecule has 0 saturated carbocycles. The predicted octanol–water partition coefficient (Wildman–Crippen LogP) is 5.97. The van der Waals surface area contributed by atoms with Crippen LogP contribution >= 0.6 is 11.8 Å². The lowest BCUT2D eigenvalue weighted by Gasteiger charge is -2.09. The Hall–Kier alpha value is -3.90. The molecule has 2 heterocycles.